The van der Waals surface area contributed by atoms with E-state index in [-0.39, 0.29) is 23.8 Å². The lowest BCUT2D eigenvalue weighted by molar-refractivity contribution is -0.385. The summed E-state index contributed by atoms with van der Waals surface area (Å²) in [6.07, 6.45) is 1.18. The minimum Gasteiger partial charge on any atom is -0.368 e. The normalized spacial score (nSPS) is 10.0. The number of hydrogen-bond acceptors (Lipinski definition) is 5. The van der Waals surface area contributed by atoms with Gasteiger partial charge in [0.15, 0.2) is 0 Å². The summed E-state index contributed by atoms with van der Waals surface area (Å²) in [5.74, 6) is -1.41. The first-order chi connectivity index (χ1) is 8.88. The van der Waals surface area contributed by atoms with Gasteiger partial charge in [-0.2, -0.15) is 0 Å². The molecule has 1 rings (SSSR count). The van der Waals surface area contributed by atoms with Crippen LogP contribution in [0.5, 0.6) is 0 Å². The zero-order chi connectivity index (χ0) is 14.6. The molecule has 2 N–H and O–H groups in total. The Hall–Kier alpha value is -2.22. The van der Waals surface area contributed by atoms with Crippen LogP contribution in [-0.2, 0) is 4.79 Å². The van der Waals surface area contributed by atoms with Gasteiger partial charge in [-0.15, -0.1) is 0 Å². The van der Waals surface area contributed by atoms with Crippen LogP contribution in [0.2, 0.25) is 5.15 Å². The van der Waals surface area contributed by atoms with Crippen molar-refractivity contribution >= 4 is 29.1 Å². The number of aromatic nitrogens is 1. The molecule has 2 amide bonds. The number of nitro groups is 1. The van der Waals surface area contributed by atoms with E-state index in [0.717, 1.165) is 4.90 Å². The second-order valence-electron chi connectivity index (χ2n) is 3.54. The molecule has 0 saturated heterocycles. The number of halogens is 1. The van der Waals surface area contributed by atoms with Crippen LogP contribution in [0.15, 0.2) is 12.3 Å². The molecule has 0 atom stereocenters. The number of amides is 2. The van der Waals surface area contributed by atoms with Crippen molar-refractivity contribution in [2.24, 2.45) is 5.73 Å². The number of primary amides is 1. The van der Waals surface area contributed by atoms with E-state index < -0.39 is 22.4 Å². The van der Waals surface area contributed by atoms with Crippen molar-refractivity contribution in [3.63, 3.8) is 0 Å². The highest BCUT2D eigenvalue weighted by molar-refractivity contribution is 6.32. The molecule has 0 bridgehead atoms. The average molecular weight is 287 g/mol. The third-order valence-corrected chi connectivity index (χ3v) is 2.58. The Balaban J connectivity index is 3.22. The lowest BCUT2D eigenvalue weighted by Gasteiger charge is -2.18. The SMILES string of the molecule is CCN(CC(N)=O)C(=O)c1ccnc(Cl)c1[N+](=O)[O-]. The van der Waals surface area contributed by atoms with Crippen molar-refractivity contribution in [3.8, 4) is 0 Å². The molecular formula is C10H11ClN4O4. The van der Waals surface area contributed by atoms with Gasteiger partial charge in [0.25, 0.3) is 5.91 Å². The summed E-state index contributed by atoms with van der Waals surface area (Å²) in [4.78, 5) is 37.7. The van der Waals surface area contributed by atoms with Crippen LogP contribution in [-0.4, -0.2) is 39.7 Å². The molecule has 0 unspecified atom stereocenters. The van der Waals surface area contributed by atoms with E-state index in [9.17, 15) is 19.7 Å². The summed E-state index contributed by atoms with van der Waals surface area (Å²) in [5, 5.41) is 10.5. The molecule has 0 spiro atoms. The summed E-state index contributed by atoms with van der Waals surface area (Å²) in [6.45, 7) is 1.47. The number of rotatable bonds is 5. The molecule has 0 aliphatic carbocycles. The summed E-state index contributed by atoms with van der Waals surface area (Å²) in [6, 6.07) is 1.18. The molecule has 0 saturated carbocycles. The molecule has 9 heteroatoms. The fourth-order valence-electron chi connectivity index (χ4n) is 1.46. The number of pyridine rings is 1. The van der Waals surface area contributed by atoms with Gasteiger partial charge in [0, 0.05) is 12.7 Å². The van der Waals surface area contributed by atoms with E-state index >= 15 is 0 Å². The largest absolute Gasteiger partial charge is 0.368 e. The maximum absolute atomic E-state index is 12.1. The number of likely N-dealkylation sites (N-methyl/N-ethyl adjacent to an activating group) is 1. The van der Waals surface area contributed by atoms with Gasteiger partial charge in [-0.05, 0) is 13.0 Å². The van der Waals surface area contributed by atoms with Gasteiger partial charge in [-0.1, -0.05) is 11.6 Å². The average Bonchev–Trinajstić information content (AvgIpc) is 2.34. The minimum absolute atomic E-state index is 0.179. The van der Waals surface area contributed by atoms with Gasteiger partial charge >= 0.3 is 5.69 Å². The Labute approximate surface area is 113 Å². The van der Waals surface area contributed by atoms with E-state index in [1.54, 1.807) is 6.92 Å². The minimum atomic E-state index is -0.791. The van der Waals surface area contributed by atoms with Gasteiger partial charge in [0.1, 0.15) is 5.56 Å². The van der Waals surface area contributed by atoms with Crippen LogP contribution in [0, 0.1) is 10.1 Å². The topological polar surface area (TPSA) is 119 Å². The lowest BCUT2D eigenvalue weighted by Crippen LogP contribution is -2.38. The van der Waals surface area contributed by atoms with Gasteiger partial charge in [0.05, 0.1) is 11.5 Å². The highest BCUT2D eigenvalue weighted by atomic mass is 35.5. The second-order valence-corrected chi connectivity index (χ2v) is 3.90. The van der Waals surface area contributed by atoms with Crippen molar-refractivity contribution in [2.45, 2.75) is 6.92 Å². The molecule has 0 radical (unpaired) electrons. The first-order valence-electron chi connectivity index (χ1n) is 5.25. The van der Waals surface area contributed by atoms with Crippen molar-refractivity contribution in [1.29, 1.82) is 0 Å². The van der Waals surface area contributed by atoms with Crippen molar-refractivity contribution in [1.82, 2.24) is 9.88 Å². The predicted molar refractivity (Wildman–Crippen MR) is 66.7 cm³/mol. The van der Waals surface area contributed by atoms with Crippen LogP contribution in [0.1, 0.15) is 17.3 Å². The third kappa shape index (κ3) is 3.38. The van der Waals surface area contributed by atoms with Gasteiger partial charge < -0.3 is 10.6 Å². The van der Waals surface area contributed by atoms with Crippen molar-refractivity contribution in [2.75, 3.05) is 13.1 Å². The molecule has 0 aliphatic rings. The Kier molecular flexibility index (Phi) is 4.76. The molecular weight excluding hydrogens is 276 g/mol. The Morgan fingerprint density at radius 1 is 1.58 bits per heavy atom. The van der Waals surface area contributed by atoms with Crippen molar-refractivity contribution in [3.05, 3.63) is 33.1 Å². The van der Waals surface area contributed by atoms with E-state index in [4.69, 9.17) is 17.3 Å². The first-order valence-corrected chi connectivity index (χ1v) is 5.62. The molecule has 0 aromatic carbocycles. The zero-order valence-corrected chi connectivity index (χ0v) is 10.8. The summed E-state index contributed by atoms with van der Waals surface area (Å²) >= 11 is 5.61. The first kappa shape index (κ1) is 14.8. The molecule has 1 aromatic heterocycles. The smallest absolute Gasteiger partial charge is 0.319 e. The van der Waals surface area contributed by atoms with Gasteiger partial charge in [-0.3, -0.25) is 19.7 Å². The standard InChI is InChI=1S/C10H11ClN4O4/c1-2-14(5-7(12)16)10(17)6-3-4-13-9(11)8(6)15(18)19/h3-4H,2,5H2,1H3,(H2,12,16). The maximum atomic E-state index is 12.1. The molecule has 0 aliphatic heterocycles. The fraction of sp³-hybridized carbons (Fsp3) is 0.300. The Morgan fingerprint density at radius 3 is 2.68 bits per heavy atom. The van der Waals surface area contributed by atoms with Crippen LogP contribution in [0.25, 0.3) is 0 Å². The summed E-state index contributed by atoms with van der Waals surface area (Å²) in [5.41, 5.74) is 4.19. The fourth-order valence-corrected chi connectivity index (χ4v) is 1.69. The molecule has 1 heterocycles. The third-order valence-electron chi connectivity index (χ3n) is 2.31. The number of carbonyl (C=O) groups is 2. The number of nitrogens with two attached hydrogens (primary N) is 1. The number of nitrogens with zero attached hydrogens (tertiary/aromatic N) is 3. The summed E-state index contributed by atoms with van der Waals surface area (Å²) in [7, 11) is 0. The van der Waals surface area contributed by atoms with Crippen LogP contribution in [0.3, 0.4) is 0 Å². The number of hydrogen-bond donors (Lipinski definition) is 1. The monoisotopic (exact) mass is 286 g/mol. The maximum Gasteiger partial charge on any atom is 0.319 e. The molecule has 1 aromatic rings. The van der Waals surface area contributed by atoms with Crippen LogP contribution < -0.4 is 5.73 Å². The Bertz CT molecular complexity index is 534. The van der Waals surface area contributed by atoms with E-state index in [0.29, 0.717) is 0 Å². The summed E-state index contributed by atoms with van der Waals surface area (Å²) < 4.78 is 0. The van der Waals surface area contributed by atoms with Crippen LogP contribution in [0.4, 0.5) is 5.69 Å². The Morgan fingerprint density at radius 2 is 2.21 bits per heavy atom. The molecule has 19 heavy (non-hydrogen) atoms. The van der Waals surface area contributed by atoms with E-state index in [1.165, 1.54) is 12.3 Å². The highest BCUT2D eigenvalue weighted by Gasteiger charge is 2.28. The van der Waals surface area contributed by atoms with Crippen LogP contribution >= 0.6 is 11.6 Å². The van der Waals surface area contributed by atoms with Gasteiger partial charge in [0.2, 0.25) is 11.1 Å². The van der Waals surface area contributed by atoms with Crippen molar-refractivity contribution < 1.29 is 14.5 Å². The quantitative estimate of drug-likeness (QED) is 0.482. The highest BCUT2D eigenvalue weighted by Crippen LogP contribution is 2.26. The lowest BCUT2D eigenvalue weighted by atomic mass is 10.2. The van der Waals surface area contributed by atoms with E-state index in [2.05, 4.69) is 4.98 Å². The zero-order valence-electron chi connectivity index (χ0n) is 10.00. The molecule has 0 fully saturated rings. The second kappa shape index (κ2) is 6.10. The molecule has 102 valence electrons. The van der Waals surface area contributed by atoms with Gasteiger partial charge in [-0.25, -0.2) is 4.98 Å². The van der Waals surface area contributed by atoms with E-state index in [1.807, 2.05) is 0 Å². The molecule has 8 nitrogen and oxygen atoms in total. The number of carbonyl (C=O) groups excluding carboxylic acids is 2. The predicted octanol–water partition coefficient (Wildman–Crippen LogP) is 0.591.